The van der Waals surface area contributed by atoms with Gasteiger partial charge in [0, 0.05) is 25.0 Å². The first-order chi connectivity index (χ1) is 8.24. The van der Waals surface area contributed by atoms with Crippen LogP contribution < -0.4 is 0 Å². The van der Waals surface area contributed by atoms with Crippen molar-refractivity contribution in [3.63, 3.8) is 0 Å². The van der Waals surface area contributed by atoms with Crippen LogP contribution in [0.1, 0.15) is 5.56 Å². The second-order valence-corrected chi connectivity index (χ2v) is 4.14. The van der Waals surface area contributed by atoms with E-state index in [0.29, 0.717) is 0 Å². The fourth-order valence-electron chi connectivity index (χ4n) is 1.84. The van der Waals surface area contributed by atoms with Crippen LogP contribution in [0.5, 0.6) is 0 Å². The third-order valence-electron chi connectivity index (χ3n) is 2.79. The number of rotatable bonds is 1. The van der Waals surface area contributed by atoms with Gasteiger partial charge in [0.1, 0.15) is 0 Å². The Morgan fingerprint density at radius 3 is 2.82 bits per heavy atom. The summed E-state index contributed by atoms with van der Waals surface area (Å²) in [6, 6.07) is 6.11. The molecule has 0 aliphatic rings. The van der Waals surface area contributed by atoms with Crippen LogP contribution in [0.4, 0.5) is 0 Å². The first kappa shape index (κ1) is 9.96. The van der Waals surface area contributed by atoms with Gasteiger partial charge in [-0.15, -0.1) is 0 Å². The quantitative estimate of drug-likeness (QED) is 0.637. The Balaban J connectivity index is 2.20. The Bertz CT molecular complexity index is 685. The molecule has 0 aliphatic heterocycles. The molecule has 0 spiro atoms. The minimum atomic E-state index is 0.768. The molecule has 0 saturated carbocycles. The summed E-state index contributed by atoms with van der Waals surface area (Å²) < 4.78 is 1.96. The first-order valence-electron chi connectivity index (χ1n) is 5.44. The maximum absolute atomic E-state index is 4.36. The van der Waals surface area contributed by atoms with Gasteiger partial charge in [-0.25, -0.2) is 9.97 Å². The topological polar surface area (TPSA) is 43.6 Å². The fraction of sp³-hybridized carbons (Fsp3) is 0.154. The van der Waals surface area contributed by atoms with Crippen molar-refractivity contribution in [2.45, 2.75) is 6.92 Å². The Hall–Kier alpha value is -2.23. The molecule has 0 N–H and O–H groups in total. The number of aromatic nitrogens is 4. The Kier molecular flexibility index (Phi) is 2.14. The molecule has 3 aromatic heterocycles. The number of imidazole rings is 1. The molecular formula is C13H12N4. The molecule has 0 unspecified atom stereocenters. The normalized spacial score (nSPS) is 10.9. The minimum Gasteiger partial charge on any atom is -0.332 e. The van der Waals surface area contributed by atoms with Crippen LogP contribution in [0.2, 0.25) is 0 Å². The van der Waals surface area contributed by atoms with Crippen LogP contribution in [0, 0.1) is 6.92 Å². The summed E-state index contributed by atoms with van der Waals surface area (Å²) >= 11 is 0. The molecule has 4 nitrogen and oxygen atoms in total. The zero-order valence-corrected chi connectivity index (χ0v) is 9.75. The lowest BCUT2D eigenvalue weighted by molar-refractivity contribution is 0.948. The Labute approximate surface area is 99.0 Å². The van der Waals surface area contributed by atoms with E-state index in [4.69, 9.17) is 0 Å². The van der Waals surface area contributed by atoms with E-state index in [9.17, 15) is 0 Å². The zero-order chi connectivity index (χ0) is 11.8. The minimum absolute atomic E-state index is 0.768. The predicted octanol–water partition coefficient (Wildman–Crippen LogP) is 2.34. The van der Waals surface area contributed by atoms with E-state index in [0.717, 1.165) is 22.4 Å². The van der Waals surface area contributed by atoms with E-state index in [1.54, 1.807) is 6.33 Å². The summed E-state index contributed by atoms with van der Waals surface area (Å²) in [6.45, 7) is 2.06. The average molecular weight is 224 g/mol. The lowest BCUT2D eigenvalue weighted by Gasteiger charge is -2.02. The summed E-state index contributed by atoms with van der Waals surface area (Å²) in [4.78, 5) is 12.9. The molecule has 0 saturated heterocycles. The van der Waals surface area contributed by atoms with E-state index >= 15 is 0 Å². The fourth-order valence-corrected chi connectivity index (χ4v) is 1.84. The number of pyridine rings is 2. The molecule has 3 aromatic rings. The highest BCUT2D eigenvalue weighted by molar-refractivity contribution is 5.77. The van der Waals surface area contributed by atoms with Crippen molar-refractivity contribution in [3.8, 4) is 11.3 Å². The molecule has 0 fully saturated rings. The standard InChI is InChI=1S/C13H12N4/c1-9-3-4-14-11(5-9)10-6-12-13(15-7-10)16-8-17(12)2/h3-8H,1-2H3. The van der Waals surface area contributed by atoms with Crippen LogP contribution >= 0.6 is 0 Å². The summed E-state index contributed by atoms with van der Waals surface area (Å²) in [5, 5.41) is 0. The van der Waals surface area contributed by atoms with Gasteiger partial charge < -0.3 is 4.57 Å². The van der Waals surface area contributed by atoms with E-state index in [1.807, 2.05) is 30.1 Å². The number of nitrogens with zero attached hydrogens (tertiary/aromatic N) is 4. The summed E-state index contributed by atoms with van der Waals surface area (Å²) in [7, 11) is 1.96. The van der Waals surface area contributed by atoms with Crippen LogP contribution in [-0.4, -0.2) is 19.5 Å². The maximum atomic E-state index is 4.36. The van der Waals surface area contributed by atoms with E-state index in [2.05, 4.69) is 34.0 Å². The van der Waals surface area contributed by atoms with E-state index in [-0.39, 0.29) is 0 Å². The second kappa shape index (κ2) is 3.66. The summed E-state index contributed by atoms with van der Waals surface area (Å²) in [5.74, 6) is 0. The highest BCUT2D eigenvalue weighted by Crippen LogP contribution is 2.20. The molecule has 0 bridgehead atoms. The molecule has 17 heavy (non-hydrogen) atoms. The highest BCUT2D eigenvalue weighted by atomic mass is 15.1. The SMILES string of the molecule is Cc1ccnc(-c2cnc3ncn(C)c3c2)c1. The molecule has 0 amide bonds. The smallest absolute Gasteiger partial charge is 0.177 e. The van der Waals surface area contributed by atoms with Gasteiger partial charge in [-0.3, -0.25) is 4.98 Å². The van der Waals surface area contributed by atoms with Gasteiger partial charge >= 0.3 is 0 Å². The monoisotopic (exact) mass is 224 g/mol. The second-order valence-electron chi connectivity index (χ2n) is 4.14. The van der Waals surface area contributed by atoms with Crippen LogP contribution in [0.25, 0.3) is 22.4 Å². The Morgan fingerprint density at radius 2 is 2.00 bits per heavy atom. The number of aryl methyl sites for hydroxylation is 2. The number of hydrogen-bond donors (Lipinski definition) is 0. The average Bonchev–Trinajstić information content (AvgIpc) is 2.71. The molecule has 0 aromatic carbocycles. The summed E-state index contributed by atoms with van der Waals surface area (Å²) in [6.07, 6.45) is 5.40. The van der Waals surface area contributed by atoms with Crippen molar-refractivity contribution in [1.29, 1.82) is 0 Å². The van der Waals surface area contributed by atoms with Gasteiger partial charge in [0.15, 0.2) is 5.65 Å². The number of fused-ring (bicyclic) bond motifs is 1. The molecule has 0 radical (unpaired) electrons. The van der Waals surface area contributed by atoms with E-state index < -0.39 is 0 Å². The van der Waals surface area contributed by atoms with Crippen LogP contribution in [-0.2, 0) is 7.05 Å². The van der Waals surface area contributed by atoms with Crippen molar-refractivity contribution < 1.29 is 0 Å². The largest absolute Gasteiger partial charge is 0.332 e. The predicted molar refractivity (Wildman–Crippen MR) is 66.5 cm³/mol. The zero-order valence-electron chi connectivity index (χ0n) is 9.75. The third-order valence-corrected chi connectivity index (χ3v) is 2.79. The van der Waals surface area contributed by atoms with Crippen molar-refractivity contribution in [2.24, 2.45) is 7.05 Å². The van der Waals surface area contributed by atoms with Crippen molar-refractivity contribution >= 4 is 11.2 Å². The van der Waals surface area contributed by atoms with Gasteiger partial charge in [0.25, 0.3) is 0 Å². The highest BCUT2D eigenvalue weighted by Gasteiger charge is 2.05. The van der Waals surface area contributed by atoms with Gasteiger partial charge in [-0.2, -0.15) is 0 Å². The molecule has 3 heterocycles. The molecule has 0 aliphatic carbocycles. The lowest BCUT2D eigenvalue weighted by Crippen LogP contribution is -1.89. The van der Waals surface area contributed by atoms with Gasteiger partial charge in [-0.05, 0) is 30.7 Å². The van der Waals surface area contributed by atoms with E-state index in [1.165, 1.54) is 5.56 Å². The molecule has 0 atom stereocenters. The molecule has 3 rings (SSSR count). The maximum Gasteiger partial charge on any atom is 0.177 e. The van der Waals surface area contributed by atoms with Gasteiger partial charge in [0.2, 0.25) is 0 Å². The van der Waals surface area contributed by atoms with Crippen molar-refractivity contribution in [1.82, 2.24) is 19.5 Å². The third kappa shape index (κ3) is 1.67. The number of hydrogen-bond acceptors (Lipinski definition) is 3. The van der Waals surface area contributed by atoms with Crippen molar-refractivity contribution in [2.75, 3.05) is 0 Å². The lowest BCUT2D eigenvalue weighted by atomic mass is 10.1. The van der Waals surface area contributed by atoms with Crippen LogP contribution in [0.15, 0.2) is 36.9 Å². The van der Waals surface area contributed by atoms with Gasteiger partial charge in [-0.1, -0.05) is 0 Å². The molecular weight excluding hydrogens is 212 g/mol. The van der Waals surface area contributed by atoms with Crippen LogP contribution in [0.3, 0.4) is 0 Å². The van der Waals surface area contributed by atoms with Gasteiger partial charge in [0.05, 0.1) is 17.5 Å². The first-order valence-corrected chi connectivity index (χ1v) is 5.44. The van der Waals surface area contributed by atoms with Crippen molar-refractivity contribution in [3.05, 3.63) is 42.5 Å². The molecule has 84 valence electrons. The Morgan fingerprint density at radius 1 is 1.12 bits per heavy atom. The summed E-state index contributed by atoms with van der Waals surface area (Å²) in [5.41, 5.74) is 4.94. The molecule has 4 heteroatoms.